The van der Waals surface area contributed by atoms with Gasteiger partial charge in [0.25, 0.3) is 0 Å². The van der Waals surface area contributed by atoms with Crippen LogP contribution < -0.4 is 0 Å². The molecular weight excluding hydrogens is 366 g/mol. The Morgan fingerprint density at radius 1 is 1.19 bits per heavy atom. The Bertz CT molecular complexity index is 688. The van der Waals surface area contributed by atoms with Crippen LogP contribution in [0.15, 0.2) is 30.3 Å². The van der Waals surface area contributed by atoms with Gasteiger partial charge in [-0.3, -0.25) is 9.69 Å². The number of nitrogens with zero attached hydrogens (tertiary/aromatic N) is 3. The summed E-state index contributed by atoms with van der Waals surface area (Å²) in [6.07, 6.45) is 1.16. The Labute approximate surface area is 162 Å². The van der Waals surface area contributed by atoms with E-state index in [1.807, 2.05) is 44.2 Å². The average molecular weight is 398 g/mol. The number of ether oxygens (including phenoxy) is 1. The van der Waals surface area contributed by atoms with Gasteiger partial charge in [0.05, 0.1) is 26.0 Å². The van der Waals surface area contributed by atoms with Crippen LogP contribution in [0.3, 0.4) is 0 Å². The van der Waals surface area contributed by atoms with Crippen LogP contribution in [-0.4, -0.2) is 86.7 Å². The average Bonchev–Trinajstić information content (AvgIpc) is 2.63. The monoisotopic (exact) mass is 397 g/mol. The quantitative estimate of drug-likeness (QED) is 0.622. The lowest BCUT2D eigenvalue weighted by Gasteiger charge is -2.31. The SMILES string of the molecule is CC(C)N(Cc1ccccc1)C(=O)CN(CCN1CCOCC1)S(C)(=O)=O. The third-order valence-corrected chi connectivity index (χ3v) is 5.94. The molecule has 0 unspecified atom stereocenters. The maximum Gasteiger partial charge on any atom is 0.238 e. The van der Waals surface area contributed by atoms with Crippen molar-refractivity contribution in [1.82, 2.24) is 14.1 Å². The summed E-state index contributed by atoms with van der Waals surface area (Å²) >= 11 is 0. The number of carbonyl (C=O) groups excluding carboxylic acids is 1. The third-order valence-electron chi connectivity index (χ3n) is 4.69. The number of carbonyl (C=O) groups is 1. The molecule has 2 rings (SSSR count). The first-order valence-electron chi connectivity index (χ1n) is 9.36. The van der Waals surface area contributed by atoms with Crippen LogP contribution in [-0.2, 0) is 26.1 Å². The summed E-state index contributed by atoms with van der Waals surface area (Å²) in [7, 11) is -3.46. The summed E-state index contributed by atoms with van der Waals surface area (Å²) in [6, 6.07) is 9.72. The fourth-order valence-electron chi connectivity index (χ4n) is 3.02. The van der Waals surface area contributed by atoms with E-state index < -0.39 is 10.0 Å². The van der Waals surface area contributed by atoms with Crippen LogP contribution in [0.25, 0.3) is 0 Å². The minimum Gasteiger partial charge on any atom is -0.379 e. The van der Waals surface area contributed by atoms with Gasteiger partial charge in [0.1, 0.15) is 0 Å². The lowest BCUT2D eigenvalue weighted by molar-refractivity contribution is -0.133. The number of morpholine rings is 1. The zero-order valence-corrected chi connectivity index (χ0v) is 17.3. The van der Waals surface area contributed by atoms with E-state index >= 15 is 0 Å². The smallest absolute Gasteiger partial charge is 0.238 e. The molecule has 8 heteroatoms. The van der Waals surface area contributed by atoms with Crippen molar-refractivity contribution in [2.45, 2.75) is 26.4 Å². The van der Waals surface area contributed by atoms with E-state index in [1.54, 1.807) is 4.90 Å². The van der Waals surface area contributed by atoms with E-state index in [2.05, 4.69) is 4.90 Å². The maximum absolute atomic E-state index is 12.9. The topological polar surface area (TPSA) is 70.2 Å². The van der Waals surface area contributed by atoms with E-state index in [1.165, 1.54) is 4.31 Å². The molecule has 1 aliphatic rings. The molecule has 1 aromatic rings. The van der Waals surface area contributed by atoms with Crippen molar-refractivity contribution in [1.29, 1.82) is 0 Å². The number of hydrogen-bond donors (Lipinski definition) is 0. The summed E-state index contributed by atoms with van der Waals surface area (Å²) in [5.41, 5.74) is 1.03. The van der Waals surface area contributed by atoms with Gasteiger partial charge < -0.3 is 9.64 Å². The normalized spacial score (nSPS) is 16.0. The van der Waals surface area contributed by atoms with Crippen LogP contribution in [0, 0.1) is 0 Å². The highest BCUT2D eigenvalue weighted by atomic mass is 32.2. The standard InChI is InChI=1S/C19H31N3O4S/c1-17(2)22(15-18-7-5-4-6-8-18)19(23)16-21(27(3,24)25)10-9-20-11-13-26-14-12-20/h4-8,17H,9-16H2,1-3H3. The van der Waals surface area contributed by atoms with Crippen LogP contribution in [0.4, 0.5) is 0 Å². The number of amides is 1. The van der Waals surface area contributed by atoms with Crippen molar-refractivity contribution in [3.63, 3.8) is 0 Å². The lowest BCUT2D eigenvalue weighted by atomic mass is 10.2. The zero-order valence-electron chi connectivity index (χ0n) is 16.5. The predicted octanol–water partition coefficient (Wildman–Crippen LogP) is 1.02. The molecule has 0 saturated carbocycles. The second-order valence-electron chi connectivity index (χ2n) is 7.15. The number of rotatable bonds is 9. The molecule has 0 bridgehead atoms. The van der Waals surface area contributed by atoms with Crippen molar-refractivity contribution >= 4 is 15.9 Å². The fraction of sp³-hybridized carbons (Fsp3) is 0.632. The molecule has 1 saturated heterocycles. The third kappa shape index (κ3) is 7.21. The van der Waals surface area contributed by atoms with Crippen molar-refractivity contribution < 1.29 is 17.9 Å². The van der Waals surface area contributed by atoms with Crippen molar-refractivity contribution in [2.24, 2.45) is 0 Å². The van der Waals surface area contributed by atoms with Gasteiger partial charge in [0.2, 0.25) is 15.9 Å². The molecule has 1 aliphatic heterocycles. The van der Waals surface area contributed by atoms with Gasteiger partial charge in [-0.1, -0.05) is 30.3 Å². The molecule has 0 aromatic heterocycles. The summed E-state index contributed by atoms with van der Waals surface area (Å²) in [4.78, 5) is 16.8. The Morgan fingerprint density at radius 2 is 1.81 bits per heavy atom. The molecule has 1 heterocycles. The van der Waals surface area contributed by atoms with Crippen molar-refractivity contribution in [3.8, 4) is 0 Å². The molecule has 7 nitrogen and oxygen atoms in total. The highest BCUT2D eigenvalue weighted by molar-refractivity contribution is 7.88. The van der Waals surface area contributed by atoms with E-state index in [9.17, 15) is 13.2 Å². The predicted molar refractivity (Wildman–Crippen MR) is 106 cm³/mol. The van der Waals surface area contributed by atoms with Gasteiger partial charge in [-0.15, -0.1) is 0 Å². The molecule has 1 aromatic carbocycles. The summed E-state index contributed by atoms with van der Waals surface area (Å²) < 4.78 is 31.0. The Kier molecular flexibility index (Phi) is 8.22. The van der Waals surface area contributed by atoms with Gasteiger partial charge in [-0.05, 0) is 19.4 Å². The molecule has 1 amide bonds. The van der Waals surface area contributed by atoms with Crippen molar-refractivity contribution in [2.75, 3.05) is 52.2 Å². The number of hydrogen-bond acceptors (Lipinski definition) is 5. The second kappa shape index (κ2) is 10.2. The lowest BCUT2D eigenvalue weighted by Crippen LogP contribution is -2.48. The Balaban J connectivity index is 2.01. The number of benzene rings is 1. The largest absolute Gasteiger partial charge is 0.379 e. The summed E-state index contributed by atoms with van der Waals surface area (Å²) in [5, 5.41) is 0. The zero-order chi connectivity index (χ0) is 19.9. The second-order valence-corrected chi connectivity index (χ2v) is 9.13. The van der Waals surface area contributed by atoms with Gasteiger partial charge in [-0.25, -0.2) is 8.42 Å². The van der Waals surface area contributed by atoms with Gasteiger partial charge in [0, 0.05) is 38.8 Å². The Hall–Kier alpha value is -1.48. The minimum atomic E-state index is -3.46. The van der Waals surface area contributed by atoms with Crippen molar-refractivity contribution in [3.05, 3.63) is 35.9 Å². The van der Waals surface area contributed by atoms with Gasteiger partial charge in [0.15, 0.2) is 0 Å². The minimum absolute atomic E-state index is 0.0154. The van der Waals surface area contributed by atoms with E-state index in [0.717, 1.165) is 24.9 Å². The molecule has 0 N–H and O–H groups in total. The first kappa shape index (κ1) is 21.8. The highest BCUT2D eigenvalue weighted by Gasteiger charge is 2.25. The van der Waals surface area contributed by atoms with E-state index in [4.69, 9.17) is 4.74 Å². The molecule has 0 atom stereocenters. The molecule has 0 spiro atoms. The molecule has 0 radical (unpaired) electrons. The molecular formula is C19H31N3O4S. The van der Waals surface area contributed by atoms with Crippen LogP contribution in [0.1, 0.15) is 19.4 Å². The molecule has 0 aliphatic carbocycles. The first-order valence-corrected chi connectivity index (χ1v) is 11.2. The maximum atomic E-state index is 12.9. The number of sulfonamides is 1. The Morgan fingerprint density at radius 3 is 2.37 bits per heavy atom. The highest BCUT2D eigenvalue weighted by Crippen LogP contribution is 2.11. The molecule has 27 heavy (non-hydrogen) atoms. The van der Waals surface area contributed by atoms with Crippen LogP contribution in [0.5, 0.6) is 0 Å². The van der Waals surface area contributed by atoms with Gasteiger partial charge >= 0.3 is 0 Å². The molecule has 1 fully saturated rings. The van der Waals surface area contributed by atoms with Crippen LogP contribution >= 0.6 is 0 Å². The summed E-state index contributed by atoms with van der Waals surface area (Å²) in [5.74, 6) is -0.179. The van der Waals surface area contributed by atoms with Crippen LogP contribution in [0.2, 0.25) is 0 Å². The fourth-order valence-corrected chi connectivity index (χ4v) is 3.78. The first-order chi connectivity index (χ1) is 12.8. The van der Waals surface area contributed by atoms with E-state index in [-0.39, 0.29) is 18.5 Å². The van der Waals surface area contributed by atoms with E-state index in [0.29, 0.717) is 32.8 Å². The van der Waals surface area contributed by atoms with Gasteiger partial charge in [-0.2, -0.15) is 4.31 Å². The molecule has 152 valence electrons. The summed E-state index contributed by atoms with van der Waals surface area (Å²) in [6.45, 7) is 8.04.